The van der Waals surface area contributed by atoms with E-state index in [1.807, 2.05) is 6.08 Å². The van der Waals surface area contributed by atoms with Crippen LogP contribution in [0.15, 0.2) is 35.1 Å². The average Bonchev–Trinajstić information content (AvgIpc) is 3.32. The van der Waals surface area contributed by atoms with E-state index in [0.717, 1.165) is 24.2 Å². The molecule has 262 valence electrons. The van der Waals surface area contributed by atoms with E-state index < -0.39 is 38.4 Å². The minimum absolute atomic E-state index is 0.0619. The lowest BCUT2D eigenvalue weighted by Gasteiger charge is -2.38. The number of ether oxygens (including phenoxy) is 2. The van der Waals surface area contributed by atoms with Crippen LogP contribution < -0.4 is 0 Å². The van der Waals surface area contributed by atoms with Crippen LogP contribution >= 0.6 is 11.6 Å². The van der Waals surface area contributed by atoms with Gasteiger partial charge >= 0.3 is 0 Å². The predicted molar refractivity (Wildman–Crippen MR) is 187 cm³/mol. The van der Waals surface area contributed by atoms with Crippen molar-refractivity contribution in [2.75, 3.05) is 34.4 Å². The second-order valence-corrected chi connectivity index (χ2v) is 18.7. The van der Waals surface area contributed by atoms with E-state index in [1.165, 1.54) is 49.3 Å². The van der Waals surface area contributed by atoms with Gasteiger partial charge < -0.3 is 18.8 Å². The van der Waals surface area contributed by atoms with E-state index in [-0.39, 0.29) is 36.6 Å². The molecule has 0 unspecified atom stereocenters. The Bertz CT molecular complexity index is 1100. The van der Waals surface area contributed by atoms with Crippen molar-refractivity contribution < 1.29 is 33.1 Å². The summed E-state index contributed by atoms with van der Waals surface area (Å²) >= 11 is 6.02. The van der Waals surface area contributed by atoms with Crippen LogP contribution in [-0.4, -0.2) is 88.2 Å². The van der Waals surface area contributed by atoms with Crippen molar-refractivity contribution >= 4 is 43.4 Å². The highest BCUT2D eigenvalue weighted by atomic mass is 35.5. The maximum absolute atomic E-state index is 13.2. The zero-order valence-corrected chi connectivity index (χ0v) is 31.5. The normalized spacial score (nSPS) is 16.6. The van der Waals surface area contributed by atoms with Crippen LogP contribution in [0.25, 0.3) is 0 Å². The highest BCUT2D eigenvalue weighted by Gasteiger charge is 2.43. The number of ketones is 1. The van der Waals surface area contributed by atoms with Crippen LogP contribution in [0.5, 0.6) is 0 Å². The molecule has 9 nitrogen and oxygen atoms in total. The number of methoxy groups -OCH3 is 2. The first-order valence-corrected chi connectivity index (χ1v) is 19.9. The van der Waals surface area contributed by atoms with E-state index in [9.17, 15) is 19.2 Å². The number of hydrogen-bond acceptors (Lipinski definition) is 7. The van der Waals surface area contributed by atoms with Gasteiger partial charge in [0.25, 0.3) is 5.91 Å². The van der Waals surface area contributed by atoms with Gasteiger partial charge in [-0.05, 0) is 43.0 Å². The molecule has 0 spiro atoms. The fourth-order valence-corrected chi connectivity index (χ4v) is 6.04. The quantitative estimate of drug-likeness (QED) is 0.0511. The molecule has 0 bridgehead atoms. The van der Waals surface area contributed by atoms with Gasteiger partial charge in [-0.1, -0.05) is 83.6 Å². The topological polar surface area (TPSA) is 102 Å². The second-order valence-electron chi connectivity index (χ2n) is 13.7. The van der Waals surface area contributed by atoms with Gasteiger partial charge in [-0.15, -0.1) is 0 Å². The summed E-state index contributed by atoms with van der Waals surface area (Å²) in [7, 11) is 2.67. The fourth-order valence-electron chi connectivity index (χ4n) is 4.88. The Balaban J connectivity index is 2.60. The number of unbranched alkanes of at least 4 members (excludes halogenated alkanes) is 4. The van der Waals surface area contributed by atoms with Gasteiger partial charge in [-0.25, -0.2) is 0 Å². The number of nitrogens with zero attached hydrogens (tertiary/aromatic N) is 2. The van der Waals surface area contributed by atoms with Gasteiger partial charge in [0.2, 0.25) is 11.8 Å². The molecule has 1 heterocycles. The first-order chi connectivity index (χ1) is 21.6. The molecular weight excluding hydrogens is 624 g/mol. The van der Waals surface area contributed by atoms with E-state index in [1.54, 1.807) is 14.2 Å². The second kappa shape index (κ2) is 20.9. The lowest BCUT2D eigenvalue weighted by Crippen LogP contribution is -2.48. The number of Topliss-reactive ketones (excluding diaryl/α,β-unsaturated/α-hetero) is 1. The van der Waals surface area contributed by atoms with E-state index >= 15 is 0 Å². The number of halogens is 1. The molecule has 1 aliphatic heterocycles. The Hall–Kier alpha value is -2.27. The Morgan fingerprint density at radius 2 is 1.76 bits per heavy atom. The monoisotopic (exact) mass is 682 g/mol. The predicted octanol–water partition coefficient (Wildman–Crippen LogP) is 7.31. The minimum atomic E-state index is -2.17. The van der Waals surface area contributed by atoms with E-state index in [4.69, 9.17) is 25.5 Å². The summed E-state index contributed by atoms with van der Waals surface area (Å²) in [5.74, 6) is -1.31. The molecule has 0 saturated carbocycles. The Kier molecular flexibility index (Phi) is 18.9. The first-order valence-electron chi connectivity index (χ1n) is 16.6. The molecule has 1 rings (SSSR count). The number of rotatable bonds is 22. The molecule has 0 N–H and O–H groups in total. The summed E-state index contributed by atoms with van der Waals surface area (Å²) in [6.07, 6.45) is 13.9. The smallest absolute Gasteiger partial charge is 0.257 e. The van der Waals surface area contributed by atoms with Gasteiger partial charge in [0, 0.05) is 45.2 Å². The number of hydrogen-bond donors (Lipinski definition) is 0. The average molecular weight is 683 g/mol. The number of likely N-dealkylation sites (N-methyl/N-ethyl adjacent to an activating group) is 1. The molecule has 0 radical (unpaired) electrons. The van der Waals surface area contributed by atoms with Crippen LogP contribution in [0.3, 0.4) is 0 Å². The van der Waals surface area contributed by atoms with Crippen LogP contribution in [0, 0.1) is 0 Å². The molecule has 3 amide bonds. The third kappa shape index (κ3) is 14.2. The Morgan fingerprint density at radius 1 is 1.09 bits per heavy atom. The van der Waals surface area contributed by atoms with Gasteiger partial charge in [0.15, 0.2) is 8.32 Å². The number of allylic oxidation sites excluding steroid dienone is 1. The molecule has 1 aliphatic rings. The largest absolute Gasteiger partial charge is 0.499 e. The van der Waals surface area contributed by atoms with Crippen molar-refractivity contribution in [1.29, 1.82) is 0 Å². The van der Waals surface area contributed by atoms with Crippen molar-refractivity contribution in [1.82, 2.24) is 9.80 Å². The summed E-state index contributed by atoms with van der Waals surface area (Å²) in [6, 6.07) is -0.733. The van der Waals surface area contributed by atoms with E-state index in [0.29, 0.717) is 24.2 Å². The Labute approximate surface area is 283 Å². The summed E-state index contributed by atoms with van der Waals surface area (Å²) in [4.78, 5) is 54.2. The van der Waals surface area contributed by atoms with Gasteiger partial charge in [0.1, 0.15) is 17.6 Å². The van der Waals surface area contributed by atoms with Crippen LogP contribution in [0.4, 0.5) is 0 Å². The molecule has 0 saturated heterocycles. The SMILES string of the molecule is CCCCCCC[C@@H](C/C=C/CCC(=O)N(C)C/C(=C\Cl)CC(=O)CC(=O)N1C(=O)C=C(OC)[C@H]1CO[Si](C)(C)C(C)(C)C)OC. The molecule has 0 aromatic heterocycles. The van der Waals surface area contributed by atoms with Crippen molar-refractivity contribution in [2.45, 2.75) is 129 Å². The number of carbonyl (C=O) groups is 4. The lowest BCUT2D eigenvalue weighted by molar-refractivity contribution is -0.145. The van der Waals surface area contributed by atoms with Crippen LogP contribution in [0.2, 0.25) is 18.1 Å². The van der Waals surface area contributed by atoms with Gasteiger partial charge in [-0.3, -0.25) is 24.1 Å². The molecule has 11 heteroatoms. The Morgan fingerprint density at radius 3 is 2.35 bits per heavy atom. The van der Waals surface area contributed by atoms with Crippen molar-refractivity contribution in [2.24, 2.45) is 0 Å². The molecule has 0 aromatic rings. The molecule has 0 aliphatic carbocycles. The molecule has 2 atom stereocenters. The van der Waals surface area contributed by atoms with E-state index in [2.05, 4.69) is 46.9 Å². The number of carbonyl (C=O) groups excluding carboxylic acids is 4. The zero-order valence-electron chi connectivity index (χ0n) is 29.8. The third-order valence-electron chi connectivity index (χ3n) is 8.90. The summed E-state index contributed by atoms with van der Waals surface area (Å²) in [5, 5.41) is -0.0619. The van der Waals surface area contributed by atoms with Crippen molar-refractivity contribution in [3.63, 3.8) is 0 Å². The summed E-state index contributed by atoms with van der Waals surface area (Å²) in [5.41, 5.74) is 1.79. The first kappa shape index (κ1) is 41.7. The summed E-state index contributed by atoms with van der Waals surface area (Å²) in [6.45, 7) is 13.0. The van der Waals surface area contributed by atoms with Crippen molar-refractivity contribution in [3.8, 4) is 0 Å². The minimum Gasteiger partial charge on any atom is -0.499 e. The molecular formula is C35H59ClN2O7Si. The number of amides is 3. The standard InChI is InChI=1S/C35H59ClN2O7Si/c1-10-11-12-13-15-18-29(43-6)19-16-14-17-20-32(40)37(5)25-27(24-36)21-28(39)22-33(41)38-30(31(44-7)23-34(38)42)26-45-46(8,9)35(2,3)4/h14,16,23-24,29-30H,10-13,15,17-22,25-26H2,1-9H3/b16-14+,27-24-/t29-,30+/m0/s1. The highest BCUT2D eigenvalue weighted by Crippen LogP contribution is 2.37. The lowest BCUT2D eigenvalue weighted by atomic mass is 10.1. The van der Waals surface area contributed by atoms with Crippen LogP contribution in [-0.2, 0) is 33.1 Å². The molecule has 46 heavy (non-hydrogen) atoms. The van der Waals surface area contributed by atoms with Gasteiger partial charge in [-0.2, -0.15) is 0 Å². The van der Waals surface area contributed by atoms with Crippen molar-refractivity contribution in [3.05, 3.63) is 35.1 Å². The number of imide groups is 1. The fraction of sp³-hybridized carbons (Fsp3) is 0.714. The maximum atomic E-state index is 13.2. The molecule has 0 fully saturated rings. The zero-order chi connectivity index (χ0) is 34.9. The van der Waals surface area contributed by atoms with Gasteiger partial charge in [0.05, 0.1) is 26.2 Å². The third-order valence-corrected chi connectivity index (χ3v) is 13.7. The highest BCUT2D eigenvalue weighted by molar-refractivity contribution is 6.74. The molecule has 0 aromatic carbocycles. The summed E-state index contributed by atoms with van der Waals surface area (Å²) < 4.78 is 17.3. The maximum Gasteiger partial charge on any atom is 0.257 e. The van der Waals surface area contributed by atoms with Crippen LogP contribution in [0.1, 0.15) is 98.3 Å².